The Morgan fingerprint density at radius 1 is 0.968 bits per heavy atom. The molecule has 1 unspecified atom stereocenters. The first kappa shape index (κ1) is 21.1. The third-order valence-corrected chi connectivity index (χ3v) is 6.45. The summed E-state index contributed by atoms with van der Waals surface area (Å²) in [6, 6.07) is 26.8. The molecule has 3 aromatic carbocycles. The summed E-state index contributed by atoms with van der Waals surface area (Å²) in [6.07, 6.45) is 4.80. The van der Waals surface area contributed by atoms with Gasteiger partial charge in [0.05, 0.1) is 6.26 Å². The number of furan rings is 1. The number of hydrogen-bond donors (Lipinski definition) is 1. The van der Waals surface area contributed by atoms with E-state index in [0.717, 1.165) is 17.4 Å². The van der Waals surface area contributed by atoms with Gasteiger partial charge >= 0.3 is 5.97 Å². The Morgan fingerprint density at radius 2 is 1.61 bits per heavy atom. The minimum atomic E-state index is -1.01. The van der Waals surface area contributed by atoms with E-state index in [-0.39, 0.29) is 11.2 Å². The molecule has 0 fully saturated rings. The number of benzene rings is 3. The highest BCUT2D eigenvalue weighted by atomic mass is 32.2. The lowest BCUT2D eigenvalue weighted by molar-refractivity contribution is -0.139. The largest absolute Gasteiger partial charge is 0.479 e. The molecule has 1 heterocycles. The molecule has 4 nitrogen and oxygen atoms in total. The van der Waals surface area contributed by atoms with E-state index >= 15 is 0 Å². The van der Waals surface area contributed by atoms with Crippen molar-refractivity contribution in [2.75, 3.05) is 12.9 Å². The number of carboxylic acids is 1. The van der Waals surface area contributed by atoms with Crippen LogP contribution in [0.15, 0.2) is 89.5 Å². The van der Waals surface area contributed by atoms with E-state index in [9.17, 15) is 4.79 Å². The molecule has 0 aliphatic heterocycles. The van der Waals surface area contributed by atoms with E-state index in [1.165, 1.54) is 11.1 Å². The summed E-state index contributed by atoms with van der Waals surface area (Å²) in [5, 5.41) is 10.1. The number of fused-ring (bicyclic) bond motifs is 1. The summed E-state index contributed by atoms with van der Waals surface area (Å²) in [6.45, 7) is -0.398. The van der Waals surface area contributed by atoms with Gasteiger partial charge in [-0.1, -0.05) is 72.8 Å². The van der Waals surface area contributed by atoms with Crippen LogP contribution in [0.4, 0.5) is 0 Å². The zero-order chi connectivity index (χ0) is 21.6. The molecule has 1 N–H and O–H groups in total. The highest BCUT2D eigenvalue weighted by Gasteiger charge is 2.24. The Balaban J connectivity index is 1.68. The van der Waals surface area contributed by atoms with Crippen molar-refractivity contribution in [1.82, 2.24) is 0 Å². The van der Waals surface area contributed by atoms with Gasteiger partial charge in [0.2, 0.25) is 0 Å². The van der Waals surface area contributed by atoms with Gasteiger partial charge in [0.15, 0.2) is 17.9 Å². The smallest absolute Gasteiger partial charge is 0.341 e. The predicted octanol–water partition coefficient (Wildman–Crippen LogP) is 6.52. The summed E-state index contributed by atoms with van der Waals surface area (Å²) in [5.74, 6) is -0.316. The fourth-order valence-electron chi connectivity index (χ4n) is 3.95. The summed E-state index contributed by atoms with van der Waals surface area (Å²) in [4.78, 5) is 10.9. The Morgan fingerprint density at radius 3 is 2.19 bits per heavy atom. The topological polar surface area (TPSA) is 59.7 Å². The molecule has 5 heteroatoms. The van der Waals surface area contributed by atoms with Crippen LogP contribution in [0.3, 0.4) is 0 Å². The first-order valence-electron chi connectivity index (χ1n) is 10.1. The van der Waals surface area contributed by atoms with E-state index in [1.807, 2.05) is 24.3 Å². The van der Waals surface area contributed by atoms with Crippen LogP contribution in [-0.2, 0) is 4.79 Å². The van der Waals surface area contributed by atoms with Gasteiger partial charge < -0.3 is 14.3 Å². The number of aliphatic carboxylic acids is 1. The van der Waals surface area contributed by atoms with Gasteiger partial charge in [-0.2, -0.15) is 11.8 Å². The number of rotatable bonds is 9. The molecule has 0 spiro atoms. The monoisotopic (exact) mass is 432 g/mol. The molecule has 0 aliphatic rings. The lowest BCUT2D eigenvalue weighted by Gasteiger charge is -2.23. The van der Waals surface area contributed by atoms with Crippen molar-refractivity contribution in [3.05, 3.63) is 102 Å². The van der Waals surface area contributed by atoms with Crippen LogP contribution in [0.25, 0.3) is 11.0 Å². The van der Waals surface area contributed by atoms with Gasteiger partial charge in [0, 0.05) is 22.1 Å². The Bertz CT molecular complexity index is 1100. The van der Waals surface area contributed by atoms with Gasteiger partial charge in [0.25, 0.3) is 0 Å². The highest BCUT2D eigenvalue weighted by molar-refractivity contribution is 7.98. The predicted molar refractivity (Wildman–Crippen MR) is 125 cm³/mol. The molecule has 0 radical (unpaired) electrons. The molecule has 0 saturated carbocycles. The first-order valence-corrected chi connectivity index (χ1v) is 11.4. The van der Waals surface area contributed by atoms with E-state index in [1.54, 1.807) is 24.1 Å². The van der Waals surface area contributed by atoms with Gasteiger partial charge in [-0.05, 0) is 29.9 Å². The maximum Gasteiger partial charge on any atom is 0.341 e. The maximum absolute atomic E-state index is 10.9. The lowest BCUT2D eigenvalue weighted by atomic mass is 9.86. The molecular formula is C26H24O4S. The Kier molecular flexibility index (Phi) is 6.63. The minimum Gasteiger partial charge on any atom is -0.479 e. The quantitative estimate of drug-likeness (QED) is 0.326. The third kappa shape index (κ3) is 4.78. The number of para-hydroxylation sites is 1. The van der Waals surface area contributed by atoms with Crippen molar-refractivity contribution < 1.29 is 19.1 Å². The Hall–Kier alpha value is -3.18. The van der Waals surface area contributed by atoms with E-state index < -0.39 is 12.6 Å². The second kappa shape index (κ2) is 9.75. The van der Waals surface area contributed by atoms with Crippen LogP contribution in [-0.4, -0.2) is 23.9 Å². The standard InChI is InChI=1S/C26H24O4S/c1-31-24(15-21(18-9-4-2-5-10-18)19-11-6-3-7-12-19)22-16-30-26-20(22)13-8-14-23(26)29-17-25(27)28/h2-14,16,21,24H,15,17H2,1H3,(H,27,28). The number of ether oxygens (including phenoxy) is 1. The average Bonchev–Trinajstić information content (AvgIpc) is 3.24. The van der Waals surface area contributed by atoms with Crippen LogP contribution < -0.4 is 4.74 Å². The van der Waals surface area contributed by atoms with Crippen molar-refractivity contribution in [2.45, 2.75) is 17.6 Å². The fraction of sp³-hybridized carbons (Fsp3) is 0.192. The molecule has 0 bridgehead atoms. The second-order valence-corrected chi connectivity index (χ2v) is 8.38. The SMILES string of the molecule is CSC(CC(c1ccccc1)c1ccccc1)c1coc2c(OCC(=O)O)cccc12. The summed E-state index contributed by atoms with van der Waals surface area (Å²) in [5.41, 5.74) is 4.26. The summed E-state index contributed by atoms with van der Waals surface area (Å²) < 4.78 is 11.3. The molecular weight excluding hydrogens is 408 g/mol. The van der Waals surface area contributed by atoms with Crippen LogP contribution in [0.1, 0.15) is 34.3 Å². The van der Waals surface area contributed by atoms with Crippen LogP contribution in [0.5, 0.6) is 5.75 Å². The molecule has 31 heavy (non-hydrogen) atoms. The fourth-order valence-corrected chi connectivity index (χ4v) is 4.77. The van der Waals surface area contributed by atoms with E-state index in [2.05, 4.69) is 54.8 Å². The molecule has 0 amide bonds. The molecule has 4 rings (SSSR count). The molecule has 158 valence electrons. The second-order valence-electron chi connectivity index (χ2n) is 7.34. The number of thioether (sulfide) groups is 1. The van der Waals surface area contributed by atoms with Crippen molar-refractivity contribution in [2.24, 2.45) is 0 Å². The molecule has 1 aromatic heterocycles. The van der Waals surface area contributed by atoms with Crippen molar-refractivity contribution >= 4 is 28.7 Å². The molecule has 0 aliphatic carbocycles. The maximum atomic E-state index is 10.9. The minimum absolute atomic E-state index is 0.196. The number of carboxylic acid groups (broad SMARTS) is 1. The summed E-state index contributed by atoms with van der Waals surface area (Å²) >= 11 is 1.79. The van der Waals surface area contributed by atoms with E-state index in [0.29, 0.717) is 11.3 Å². The van der Waals surface area contributed by atoms with Gasteiger partial charge in [-0.3, -0.25) is 0 Å². The average molecular weight is 433 g/mol. The normalized spacial score (nSPS) is 12.2. The van der Waals surface area contributed by atoms with Crippen LogP contribution >= 0.6 is 11.8 Å². The van der Waals surface area contributed by atoms with Gasteiger partial charge in [-0.15, -0.1) is 0 Å². The third-order valence-electron chi connectivity index (χ3n) is 5.43. The van der Waals surface area contributed by atoms with Gasteiger partial charge in [0.1, 0.15) is 0 Å². The zero-order valence-electron chi connectivity index (χ0n) is 17.2. The van der Waals surface area contributed by atoms with Crippen LogP contribution in [0, 0.1) is 0 Å². The van der Waals surface area contributed by atoms with Crippen molar-refractivity contribution in [3.8, 4) is 5.75 Å². The molecule has 0 saturated heterocycles. The highest BCUT2D eigenvalue weighted by Crippen LogP contribution is 2.44. The molecule has 1 atom stereocenters. The lowest BCUT2D eigenvalue weighted by Crippen LogP contribution is -2.09. The first-order chi connectivity index (χ1) is 15.2. The van der Waals surface area contributed by atoms with Gasteiger partial charge in [-0.25, -0.2) is 4.79 Å². The Labute approximate surface area is 185 Å². The van der Waals surface area contributed by atoms with Crippen molar-refractivity contribution in [3.63, 3.8) is 0 Å². The number of hydrogen-bond acceptors (Lipinski definition) is 4. The van der Waals surface area contributed by atoms with Crippen molar-refractivity contribution in [1.29, 1.82) is 0 Å². The van der Waals surface area contributed by atoms with Crippen LogP contribution in [0.2, 0.25) is 0 Å². The molecule has 4 aromatic rings. The van der Waals surface area contributed by atoms with E-state index in [4.69, 9.17) is 14.3 Å². The summed E-state index contributed by atoms with van der Waals surface area (Å²) in [7, 11) is 0. The zero-order valence-corrected chi connectivity index (χ0v) is 18.0. The number of carbonyl (C=O) groups is 1.